The molecular weight excluding hydrogens is 214 g/mol. The molecule has 1 saturated carbocycles. The summed E-state index contributed by atoms with van der Waals surface area (Å²) in [5.74, 6) is 0.469. The number of hydrogen-bond acceptors (Lipinski definition) is 3. The summed E-state index contributed by atoms with van der Waals surface area (Å²) in [6.45, 7) is 2.38. The van der Waals surface area contributed by atoms with Crippen LogP contribution in [0, 0.1) is 5.92 Å². The van der Waals surface area contributed by atoms with Crippen LogP contribution < -0.4 is 5.32 Å². The molecule has 1 aromatic heterocycles. The topological polar surface area (TPSA) is 50.1 Å². The number of aromatic nitrogens is 2. The molecule has 2 atom stereocenters. The van der Waals surface area contributed by atoms with Gasteiger partial charge in [-0.25, -0.2) is 4.98 Å². The second-order valence-electron chi connectivity index (χ2n) is 4.94. The minimum Gasteiger partial charge on any atom is -0.396 e. The van der Waals surface area contributed by atoms with E-state index in [1.54, 1.807) is 0 Å². The molecule has 1 heterocycles. The van der Waals surface area contributed by atoms with Gasteiger partial charge >= 0.3 is 0 Å². The number of aliphatic hydroxyl groups excluding tert-OH is 1. The minimum atomic E-state index is 0.333. The van der Waals surface area contributed by atoms with E-state index in [9.17, 15) is 5.11 Å². The Bertz CT molecular complexity index is 300. The van der Waals surface area contributed by atoms with Crippen LogP contribution in [0.1, 0.15) is 32.1 Å². The van der Waals surface area contributed by atoms with Gasteiger partial charge in [-0.3, -0.25) is 0 Å². The van der Waals surface area contributed by atoms with Crippen molar-refractivity contribution in [3.63, 3.8) is 0 Å². The maximum absolute atomic E-state index is 9.32. The van der Waals surface area contributed by atoms with E-state index in [2.05, 4.69) is 14.9 Å². The van der Waals surface area contributed by atoms with Crippen molar-refractivity contribution in [2.24, 2.45) is 5.92 Å². The molecule has 0 amide bonds. The molecule has 2 rings (SSSR count). The van der Waals surface area contributed by atoms with Crippen LogP contribution in [0.2, 0.25) is 0 Å². The summed E-state index contributed by atoms with van der Waals surface area (Å²) in [4.78, 5) is 4.03. The van der Waals surface area contributed by atoms with Gasteiger partial charge in [0.1, 0.15) is 0 Å². The van der Waals surface area contributed by atoms with Crippen LogP contribution >= 0.6 is 0 Å². The van der Waals surface area contributed by atoms with Gasteiger partial charge in [0, 0.05) is 31.6 Å². The molecule has 1 aliphatic carbocycles. The molecule has 0 aromatic carbocycles. The summed E-state index contributed by atoms with van der Waals surface area (Å²) in [6, 6.07) is 0.525. The average Bonchev–Trinajstić information content (AvgIpc) is 2.88. The van der Waals surface area contributed by atoms with Crippen molar-refractivity contribution in [1.82, 2.24) is 14.9 Å². The maximum Gasteiger partial charge on any atom is 0.0945 e. The SMILES string of the molecule is OC[C@H]1CCCC[C@H]1NCCCn1ccnc1. The van der Waals surface area contributed by atoms with Gasteiger partial charge in [-0.2, -0.15) is 0 Å². The molecule has 0 spiro atoms. The third-order valence-electron chi connectivity index (χ3n) is 3.70. The van der Waals surface area contributed by atoms with Crippen molar-refractivity contribution in [2.75, 3.05) is 13.2 Å². The quantitative estimate of drug-likeness (QED) is 0.736. The lowest BCUT2D eigenvalue weighted by molar-refractivity contribution is 0.153. The molecule has 96 valence electrons. The van der Waals surface area contributed by atoms with Crippen LogP contribution in [-0.2, 0) is 6.54 Å². The molecule has 0 unspecified atom stereocenters. The zero-order valence-electron chi connectivity index (χ0n) is 10.4. The van der Waals surface area contributed by atoms with Crippen LogP contribution in [0.3, 0.4) is 0 Å². The lowest BCUT2D eigenvalue weighted by Crippen LogP contribution is -2.40. The van der Waals surface area contributed by atoms with Gasteiger partial charge in [-0.1, -0.05) is 12.8 Å². The first-order valence-electron chi connectivity index (χ1n) is 6.70. The molecular formula is C13H23N3O. The monoisotopic (exact) mass is 237 g/mol. The zero-order chi connectivity index (χ0) is 11.9. The highest BCUT2D eigenvalue weighted by molar-refractivity contribution is 4.80. The first-order valence-corrected chi connectivity index (χ1v) is 6.70. The van der Waals surface area contributed by atoms with E-state index in [0.717, 1.165) is 19.5 Å². The Labute approximate surface area is 103 Å². The second-order valence-corrected chi connectivity index (χ2v) is 4.94. The van der Waals surface area contributed by atoms with E-state index in [0.29, 0.717) is 18.6 Å². The minimum absolute atomic E-state index is 0.333. The normalized spacial score (nSPS) is 25.0. The van der Waals surface area contributed by atoms with Crippen molar-refractivity contribution < 1.29 is 5.11 Å². The predicted molar refractivity (Wildman–Crippen MR) is 67.7 cm³/mol. The maximum atomic E-state index is 9.32. The summed E-state index contributed by atoms with van der Waals surface area (Å²) >= 11 is 0. The Balaban J connectivity index is 1.63. The average molecular weight is 237 g/mol. The molecule has 4 heteroatoms. The first-order chi connectivity index (χ1) is 8.40. The zero-order valence-corrected chi connectivity index (χ0v) is 10.4. The third kappa shape index (κ3) is 3.82. The fourth-order valence-corrected chi connectivity index (χ4v) is 2.66. The van der Waals surface area contributed by atoms with Gasteiger partial charge in [-0.05, 0) is 31.7 Å². The molecule has 0 bridgehead atoms. The highest BCUT2D eigenvalue weighted by Gasteiger charge is 2.23. The van der Waals surface area contributed by atoms with Gasteiger partial charge < -0.3 is 15.0 Å². The van der Waals surface area contributed by atoms with Crippen molar-refractivity contribution in [1.29, 1.82) is 0 Å². The van der Waals surface area contributed by atoms with E-state index in [1.165, 1.54) is 25.7 Å². The van der Waals surface area contributed by atoms with Crippen LogP contribution in [-0.4, -0.2) is 33.9 Å². The summed E-state index contributed by atoms with van der Waals surface area (Å²) in [5.41, 5.74) is 0. The lowest BCUT2D eigenvalue weighted by atomic mass is 9.85. The van der Waals surface area contributed by atoms with Crippen LogP contribution in [0.25, 0.3) is 0 Å². The molecule has 1 fully saturated rings. The standard InChI is InChI=1S/C13H23N3O/c17-10-12-4-1-2-5-13(12)15-6-3-8-16-9-7-14-11-16/h7,9,11-13,15,17H,1-6,8,10H2/t12-,13-/m1/s1. The Morgan fingerprint density at radius 1 is 1.35 bits per heavy atom. The Kier molecular flexibility index (Phi) is 5.01. The van der Waals surface area contributed by atoms with Crippen molar-refractivity contribution >= 4 is 0 Å². The number of rotatable bonds is 6. The van der Waals surface area contributed by atoms with Gasteiger partial charge in [0.15, 0.2) is 0 Å². The van der Waals surface area contributed by atoms with E-state index in [1.807, 2.05) is 18.7 Å². The number of nitrogens with zero attached hydrogens (tertiary/aromatic N) is 2. The smallest absolute Gasteiger partial charge is 0.0945 e. The van der Waals surface area contributed by atoms with E-state index in [-0.39, 0.29) is 0 Å². The predicted octanol–water partition coefficient (Wildman–Crippen LogP) is 1.41. The van der Waals surface area contributed by atoms with E-state index in [4.69, 9.17) is 0 Å². The molecule has 0 aliphatic heterocycles. The lowest BCUT2D eigenvalue weighted by Gasteiger charge is -2.31. The van der Waals surface area contributed by atoms with Gasteiger partial charge in [0.05, 0.1) is 6.33 Å². The van der Waals surface area contributed by atoms with Crippen molar-refractivity contribution in [3.05, 3.63) is 18.7 Å². The Hall–Kier alpha value is -0.870. The molecule has 0 radical (unpaired) electrons. The second kappa shape index (κ2) is 6.77. The van der Waals surface area contributed by atoms with Crippen LogP contribution in [0.4, 0.5) is 0 Å². The molecule has 0 saturated heterocycles. The van der Waals surface area contributed by atoms with Crippen molar-refractivity contribution in [2.45, 2.75) is 44.7 Å². The van der Waals surface area contributed by atoms with Gasteiger partial charge in [0.25, 0.3) is 0 Å². The highest BCUT2D eigenvalue weighted by atomic mass is 16.3. The number of aliphatic hydroxyl groups is 1. The fourth-order valence-electron chi connectivity index (χ4n) is 2.66. The third-order valence-corrected chi connectivity index (χ3v) is 3.70. The van der Waals surface area contributed by atoms with Crippen LogP contribution in [0.15, 0.2) is 18.7 Å². The van der Waals surface area contributed by atoms with Gasteiger partial charge in [0.2, 0.25) is 0 Å². The molecule has 17 heavy (non-hydrogen) atoms. The van der Waals surface area contributed by atoms with E-state index < -0.39 is 0 Å². The first kappa shape index (κ1) is 12.6. The van der Waals surface area contributed by atoms with Crippen LogP contribution in [0.5, 0.6) is 0 Å². The van der Waals surface area contributed by atoms with Crippen molar-refractivity contribution in [3.8, 4) is 0 Å². The van der Waals surface area contributed by atoms with Gasteiger partial charge in [-0.15, -0.1) is 0 Å². The summed E-state index contributed by atoms with van der Waals surface area (Å²) < 4.78 is 2.10. The highest BCUT2D eigenvalue weighted by Crippen LogP contribution is 2.23. The molecule has 4 nitrogen and oxygen atoms in total. The number of hydrogen-bond donors (Lipinski definition) is 2. The summed E-state index contributed by atoms with van der Waals surface area (Å²) in [6.07, 6.45) is 11.8. The summed E-state index contributed by atoms with van der Waals surface area (Å²) in [7, 11) is 0. The Morgan fingerprint density at radius 3 is 3.00 bits per heavy atom. The van der Waals surface area contributed by atoms with E-state index >= 15 is 0 Å². The number of imidazole rings is 1. The Morgan fingerprint density at radius 2 is 2.24 bits per heavy atom. The number of aryl methyl sites for hydroxylation is 1. The molecule has 1 aromatic rings. The molecule has 2 N–H and O–H groups in total. The largest absolute Gasteiger partial charge is 0.396 e. The summed E-state index contributed by atoms with van der Waals surface area (Å²) in [5, 5.41) is 12.9. The fraction of sp³-hybridized carbons (Fsp3) is 0.769. The number of nitrogens with one attached hydrogen (secondary N) is 1. The molecule has 1 aliphatic rings.